The number of aromatic amines is 2. The average molecular weight is 613 g/mol. The molecule has 6 rings (SSSR count). The van der Waals surface area contributed by atoms with Gasteiger partial charge < -0.3 is 39.1 Å². The lowest BCUT2D eigenvalue weighted by Gasteiger charge is -2.47. The van der Waals surface area contributed by atoms with Crippen molar-refractivity contribution >= 4 is 23.8 Å². The number of aliphatic hydroxyl groups is 2. The number of aliphatic hydroxyl groups excluding tert-OH is 2. The van der Waals surface area contributed by atoms with E-state index in [1.807, 2.05) is 0 Å². The Morgan fingerprint density at radius 2 is 1.23 bits per heavy atom. The largest absolute Gasteiger partial charge is 0.479 e. The zero-order valence-electron chi connectivity index (χ0n) is 24.1. The molecule has 0 radical (unpaired) electrons. The van der Waals surface area contributed by atoms with Gasteiger partial charge in [0.15, 0.2) is 0 Å². The number of hydrogen-bond donors (Lipinski definition) is 4. The molecule has 0 bridgehead atoms. The van der Waals surface area contributed by atoms with Crippen LogP contribution in [-0.4, -0.2) is 64.1 Å². The topological polar surface area (TPSA) is 244 Å². The smallest absolute Gasteiger partial charge is 0.369 e. The molecule has 2 aromatic heterocycles. The van der Waals surface area contributed by atoms with Gasteiger partial charge >= 0.3 is 23.8 Å². The minimum atomic E-state index is -1.25. The fourth-order valence-corrected chi connectivity index (χ4v) is 6.44. The monoisotopic (exact) mass is 612 g/mol. The summed E-state index contributed by atoms with van der Waals surface area (Å²) in [6.45, 7) is 4.45. The van der Waals surface area contributed by atoms with Gasteiger partial charge in [0.25, 0.3) is 34.9 Å². The Labute approximate surface area is 250 Å². The second-order valence-corrected chi connectivity index (χ2v) is 12.0. The molecule has 4 aliphatic rings. The lowest BCUT2D eigenvalue weighted by atomic mass is 9.64. The highest BCUT2D eigenvalue weighted by atomic mass is 16.8. The molecule has 0 aromatic carbocycles. The highest BCUT2D eigenvalue weighted by Crippen LogP contribution is 2.50. The molecule has 4 heterocycles. The van der Waals surface area contributed by atoms with Gasteiger partial charge in [0.05, 0.1) is 0 Å². The number of esters is 2. The first-order valence-electron chi connectivity index (χ1n) is 14.3. The maximum atomic E-state index is 12.7. The molecule has 2 aromatic rings. The summed E-state index contributed by atoms with van der Waals surface area (Å²) >= 11 is 0. The molecular weight excluding hydrogens is 580 g/mol. The van der Waals surface area contributed by atoms with E-state index in [1.54, 1.807) is 0 Å². The number of nitrogens with zero attached hydrogens (tertiary/aromatic N) is 8. The van der Waals surface area contributed by atoms with Crippen LogP contribution in [0.3, 0.4) is 0 Å². The van der Waals surface area contributed by atoms with E-state index in [9.17, 15) is 19.8 Å². The fraction of sp³-hybridized carbons (Fsp3) is 0.615. The van der Waals surface area contributed by atoms with E-state index >= 15 is 0 Å². The van der Waals surface area contributed by atoms with Crippen LogP contribution in [0.4, 0.5) is 11.9 Å². The van der Waals surface area contributed by atoms with Gasteiger partial charge in [-0.2, -0.15) is 0 Å². The summed E-state index contributed by atoms with van der Waals surface area (Å²) in [6.07, 6.45) is 8.14. The van der Waals surface area contributed by atoms with Crippen molar-refractivity contribution in [2.75, 3.05) is 0 Å². The number of aromatic nitrogens is 6. The Morgan fingerprint density at radius 3 is 1.64 bits per heavy atom. The molecule has 2 spiro atoms. The number of azo groups is 2. The van der Waals surface area contributed by atoms with Crippen molar-refractivity contribution in [2.24, 2.45) is 37.7 Å². The minimum Gasteiger partial charge on any atom is -0.479 e. The third-order valence-corrected chi connectivity index (χ3v) is 8.75. The van der Waals surface area contributed by atoms with Gasteiger partial charge in [-0.3, -0.25) is 0 Å². The Hall–Kier alpha value is -4.90. The van der Waals surface area contributed by atoms with Crippen molar-refractivity contribution in [1.82, 2.24) is 30.4 Å². The normalized spacial score (nSPS) is 29.8. The molecule has 0 amide bonds. The van der Waals surface area contributed by atoms with Gasteiger partial charge in [-0.15, -0.1) is 40.9 Å². The van der Waals surface area contributed by atoms with Crippen LogP contribution in [0, 0.1) is 17.3 Å². The standard InChI is InChI=1S/C26H32N10O8/c1-24(2,15-5-9-26(10-6-15)43-20(39)17(21(40)44-26)32-36-23-28-13-30-34-23)11-14-3-7-25(8-4-14)41-18(37)16(19(38)42-25)31-35-22-27-12-29-33-22/h12-15,37,39H,3-11H2,1-2H3,(H,27,29,33)(H,28,30,34). The SMILES string of the molecule is CC(C)(CC1CCC2(CC1)OC(=O)C(N=Nc1nnc[nH]1)=C(O)O2)C1CCC2(CC1)OC(=O)C(N=Nc1nnc[nH]1)=C(O)O2. The van der Waals surface area contributed by atoms with Crippen LogP contribution >= 0.6 is 0 Å². The Morgan fingerprint density at radius 1 is 0.773 bits per heavy atom. The highest BCUT2D eigenvalue weighted by molar-refractivity contribution is 5.89. The summed E-state index contributed by atoms with van der Waals surface area (Å²) < 4.78 is 22.6. The van der Waals surface area contributed by atoms with Crippen LogP contribution in [0.2, 0.25) is 0 Å². The number of carbonyl (C=O) groups is 2. The second kappa shape index (κ2) is 11.3. The molecule has 2 aliphatic carbocycles. The molecule has 0 atom stereocenters. The van der Waals surface area contributed by atoms with Gasteiger partial charge in [0.2, 0.25) is 0 Å². The Bertz CT molecular complexity index is 1500. The number of carbonyl (C=O) groups excluding carboxylic acids is 2. The van der Waals surface area contributed by atoms with Crippen LogP contribution in [0.5, 0.6) is 0 Å². The van der Waals surface area contributed by atoms with Crippen molar-refractivity contribution in [2.45, 2.75) is 83.2 Å². The van der Waals surface area contributed by atoms with E-state index in [0.717, 1.165) is 32.1 Å². The van der Waals surface area contributed by atoms with Crippen LogP contribution in [0.25, 0.3) is 0 Å². The molecule has 2 aliphatic heterocycles. The van der Waals surface area contributed by atoms with Gasteiger partial charge in [-0.25, -0.2) is 9.59 Å². The predicted molar refractivity (Wildman–Crippen MR) is 143 cm³/mol. The average Bonchev–Trinajstić information content (AvgIpc) is 3.69. The van der Waals surface area contributed by atoms with Gasteiger partial charge in [0.1, 0.15) is 12.7 Å². The number of nitrogens with one attached hydrogen (secondary N) is 2. The van der Waals surface area contributed by atoms with Crippen LogP contribution < -0.4 is 0 Å². The summed E-state index contributed by atoms with van der Waals surface area (Å²) in [7, 11) is 0. The van der Waals surface area contributed by atoms with E-state index in [4.69, 9.17) is 18.9 Å². The van der Waals surface area contributed by atoms with E-state index in [-0.39, 0.29) is 17.3 Å². The van der Waals surface area contributed by atoms with Crippen molar-refractivity contribution in [1.29, 1.82) is 0 Å². The summed E-state index contributed by atoms with van der Waals surface area (Å²) in [5.74, 6) is -4.59. The summed E-state index contributed by atoms with van der Waals surface area (Å²) in [5, 5.41) is 50.1. The Balaban J connectivity index is 1.01. The number of ether oxygens (including phenoxy) is 4. The molecule has 0 saturated heterocycles. The maximum Gasteiger partial charge on any atom is 0.369 e. The molecule has 4 N–H and O–H groups in total. The number of rotatable bonds is 7. The molecule has 2 saturated carbocycles. The lowest BCUT2D eigenvalue weighted by Crippen LogP contribution is -2.47. The van der Waals surface area contributed by atoms with Crippen LogP contribution in [0.15, 0.2) is 56.4 Å². The van der Waals surface area contributed by atoms with Gasteiger partial charge in [-0.1, -0.05) is 13.8 Å². The van der Waals surface area contributed by atoms with E-state index in [0.29, 0.717) is 37.5 Å². The molecule has 234 valence electrons. The molecular formula is C26H32N10O8. The van der Waals surface area contributed by atoms with Gasteiger partial charge in [-0.05, 0) is 49.4 Å². The summed E-state index contributed by atoms with van der Waals surface area (Å²) in [6, 6.07) is 0. The zero-order chi connectivity index (χ0) is 31.0. The first kappa shape index (κ1) is 29.2. The third-order valence-electron chi connectivity index (χ3n) is 8.75. The second-order valence-electron chi connectivity index (χ2n) is 12.0. The molecule has 0 unspecified atom stereocenters. The lowest BCUT2D eigenvalue weighted by molar-refractivity contribution is -0.258. The number of hydrogen-bond acceptors (Lipinski definition) is 16. The summed E-state index contributed by atoms with van der Waals surface area (Å²) in [5.41, 5.74) is -0.925. The molecule has 2 fully saturated rings. The van der Waals surface area contributed by atoms with E-state index in [1.165, 1.54) is 12.7 Å². The molecule has 18 nitrogen and oxygen atoms in total. The quantitative estimate of drug-likeness (QED) is 0.248. The maximum absolute atomic E-state index is 12.7. The molecule has 18 heteroatoms. The van der Waals surface area contributed by atoms with Crippen molar-refractivity contribution in [3.8, 4) is 0 Å². The van der Waals surface area contributed by atoms with E-state index < -0.39 is 46.8 Å². The Kier molecular flexibility index (Phi) is 7.50. The fourth-order valence-electron chi connectivity index (χ4n) is 6.44. The predicted octanol–water partition coefficient (Wildman–Crippen LogP) is 4.58. The molecule has 44 heavy (non-hydrogen) atoms. The van der Waals surface area contributed by atoms with E-state index in [2.05, 4.69) is 64.7 Å². The van der Waals surface area contributed by atoms with Crippen molar-refractivity contribution in [3.05, 3.63) is 35.9 Å². The van der Waals surface area contributed by atoms with Crippen LogP contribution in [0.1, 0.15) is 71.6 Å². The third kappa shape index (κ3) is 5.96. The first-order valence-corrected chi connectivity index (χ1v) is 14.3. The number of H-pyrrole nitrogens is 2. The minimum absolute atomic E-state index is 0.0514. The highest BCUT2D eigenvalue weighted by Gasteiger charge is 2.51. The van der Waals surface area contributed by atoms with Gasteiger partial charge in [0, 0.05) is 25.7 Å². The first-order chi connectivity index (χ1) is 21.1. The zero-order valence-corrected chi connectivity index (χ0v) is 24.1. The van der Waals surface area contributed by atoms with Crippen LogP contribution in [-0.2, 0) is 28.5 Å². The summed E-state index contributed by atoms with van der Waals surface area (Å²) in [4.78, 5) is 30.5. The van der Waals surface area contributed by atoms with Crippen molar-refractivity contribution < 1.29 is 38.7 Å². The van der Waals surface area contributed by atoms with Crippen molar-refractivity contribution in [3.63, 3.8) is 0 Å².